The number of anilines is 1. The van der Waals surface area contributed by atoms with E-state index in [0.717, 1.165) is 43.5 Å². The van der Waals surface area contributed by atoms with Crippen molar-refractivity contribution in [2.45, 2.75) is 77.5 Å². The van der Waals surface area contributed by atoms with Crippen LogP contribution in [0.1, 0.15) is 52.0 Å². The van der Waals surface area contributed by atoms with E-state index in [1.165, 1.54) is 26.0 Å². The van der Waals surface area contributed by atoms with Crippen LogP contribution >= 0.6 is 0 Å². The van der Waals surface area contributed by atoms with Crippen LogP contribution in [0.25, 0.3) is 10.9 Å². The highest BCUT2D eigenvalue weighted by Crippen LogP contribution is 2.26. The fraction of sp³-hybridized carbons (Fsp3) is 0.516. The lowest BCUT2D eigenvalue weighted by Crippen LogP contribution is -2.57. The molecule has 2 atom stereocenters. The van der Waals surface area contributed by atoms with Gasteiger partial charge < -0.3 is 20.3 Å². The van der Waals surface area contributed by atoms with E-state index < -0.39 is 0 Å². The number of rotatable bonds is 6. The van der Waals surface area contributed by atoms with Crippen molar-refractivity contribution in [1.82, 2.24) is 19.8 Å². The second-order valence-electron chi connectivity index (χ2n) is 11.5. The van der Waals surface area contributed by atoms with Gasteiger partial charge in [-0.15, -0.1) is 0 Å². The van der Waals surface area contributed by atoms with Crippen molar-refractivity contribution in [3.8, 4) is 5.75 Å². The maximum absolute atomic E-state index is 14.4. The van der Waals surface area contributed by atoms with E-state index in [1.807, 2.05) is 18.2 Å². The molecule has 5 rings (SSSR count). The first kappa shape index (κ1) is 28.1. The van der Waals surface area contributed by atoms with Gasteiger partial charge in [-0.05, 0) is 81.7 Å². The summed E-state index contributed by atoms with van der Waals surface area (Å²) in [6, 6.07) is 11.5. The van der Waals surface area contributed by atoms with Crippen LogP contribution in [0.4, 0.5) is 10.1 Å². The van der Waals surface area contributed by atoms with E-state index in [-0.39, 0.29) is 11.4 Å². The summed E-state index contributed by atoms with van der Waals surface area (Å²) in [5, 5.41) is 7.72. The molecule has 2 fully saturated rings. The molecule has 2 aromatic carbocycles. The Morgan fingerprint density at radius 2 is 1.85 bits per heavy atom. The highest BCUT2D eigenvalue weighted by molar-refractivity contribution is 5.96. The largest absolute Gasteiger partial charge is 0.497 e. The number of piperazine rings is 1. The number of nitrogens with zero attached hydrogens (tertiary/aromatic N) is 4. The van der Waals surface area contributed by atoms with E-state index in [0.29, 0.717) is 53.3 Å². The normalized spacial score (nSPS) is 23.8. The van der Waals surface area contributed by atoms with Gasteiger partial charge in [0.2, 0.25) is 0 Å². The average Bonchev–Trinajstić information content (AvgIpc) is 2.93. The zero-order valence-electron chi connectivity index (χ0n) is 24.0. The molecule has 1 saturated heterocycles. The molecule has 2 N–H and O–H groups in total. The van der Waals surface area contributed by atoms with Gasteiger partial charge in [-0.25, -0.2) is 14.4 Å². The Morgan fingerprint density at radius 3 is 2.55 bits per heavy atom. The van der Waals surface area contributed by atoms with E-state index >= 15 is 0 Å². The van der Waals surface area contributed by atoms with Crippen LogP contribution < -0.4 is 20.9 Å². The molecule has 40 heavy (non-hydrogen) atoms. The molecule has 3 aromatic rings. The fourth-order valence-electron chi connectivity index (χ4n) is 5.86. The lowest BCUT2D eigenvalue weighted by atomic mass is 9.88. The summed E-state index contributed by atoms with van der Waals surface area (Å²) in [5.74, 6) is 1.80. The zero-order chi connectivity index (χ0) is 28.2. The number of guanidine groups is 1. The Balaban J connectivity index is 1.35. The van der Waals surface area contributed by atoms with Crippen LogP contribution in [0.5, 0.6) is 5.75 Å². The molecule has 1 saturated carbocycles. The highest BCUT2D eigenvalue weighted by atomic mass is 19.1. The molecule has 9 heteroatoms. The molecule has 1 aliphatic heterocycles. The summed E-state index contributed by atoms with van der Waals surface area (Å²) in [6.07, 6.45) is 6.59. The molecule has 0 spiro atoms. The number of hydrogen-bond acceptors (Lipinski definition) is 5. The van der Waals surface area contributed by atoms with Crippen molar-refractivity contribution in [2.24, 2.45) is 10.9 Å². The summed E-state index contributed by atoms with van der Waals surface area (Å²) >= 11 is 0. The first-order valence-electron chi connectivity index (χ1n) is 14.5. The van der Waals surface area contributed by atoms with Gasteiger partial charge >= 0.3 is 0 Å². The van der Waals surface area contributed by atoms with Gasteiger partial charge in [-0.3, -0.25) is 9.36 Å². The van der Waals surface area contributed by atoms with E-state index in [2.05, 4.69) is 41.3 Å². The molecule has 1 aliphatic carbocycles. The van der Waals surface area contributed by atoms with Crippen LogP contribution in [0.2, 0.25) is 0 Å². The average molecular weight is 549 g/mol. The zero-order valence-corrected chi connectivity index (χ0v) is 24.0. The highest BCUT2D eigenvalue weighted by Gasteiger charge is 2.26. The second-order valence-corrected chi connectivity index (χ2v) is 11.5. The minimum atomic E-state index is -0.342. The summed E-state index contributed by atoms with van der Waals surface area (Å²) in [4.78, 5) is 25.4. The predicted molar refractivity (Wildman–Crippen MR) is 159 cm³/mol. The lowest BCUT2D eigenvalue weighted by Gasteiger charge is -2.38. The number of aromatic nitrogens is 2. The molecule has 2 aliphatic rings. The Labute approximate surface area is 235 Å². The monoisotopic (exact) mass is 548 g/mol. The number of methoxy groups -OCH3 is 1. The van der Waals surface area contributed by atoms with Crippen LogP contribution in [0, 0.1) is 11.7 Å². The maximum Gasteiger partial charge on any atom is 0.261 e. The molecule has 2 heterocycles. The number of aryl methyl sites for hydroxylation is 2. The van der Waals surface area contributed by atoms with Crippen LogP contribution in [-0.4, -0.2) is 58.7 Å². The Hall–Kier alpha value is -3.46. The number of ether oxygens (including phenoxy) is 1. The topological polar surface area (TPSA) is 83.8 Å². The number of halogens is 1. The number of nitrogens with one attached hydrogen (secondary N) is 2. The molecule has 214 valence electrons. The first-order valence-corrected chi connectivity index (χ1v) is 14.5. The van der Waals surface area contributed by atoms with Gasteiger partial charge in [-0.2, -0.15) is 0 Å². The number of aliphatic imine (C=N–C) groups is 1. The van der Waals surface area contributed by atoms with Crippen molar-refractivity contribution in [3.05, 3.63) is 64.5 Å². The molecule has 2 unspecified atom stereocenters. The summed E-state index contributed by atoms with van der Waals surface area (Å²) < 4.78 is 21.0. The van der Waals surface area contributed by atoms with E-state index in [1.54, 1.807) is 23.0 Å². The minimum absolute atomic E-state index is 0.138. The summed E-state index contributed by atoms with van der Waals surface area (Å²) in [5.41, 5.74) is 1.87. The number of hydrogen-bond donors (Lipinski definition) is 2. The van der Waals surface area contributed by atoms with Crippen molar-refractivity contribution in [2.75, 3.05) is 25.5 Å². The molecule has 1 aromatic heterocycles. The molecular weight excluding hydrogens is 507 g/mol. The molecule has 0 radical (unpaired) electrons. The lowest BCUT2D eigenvalue weighted by molar-refractivity contribution is 0.251. The second kappa shape index (κ2) is 12.4. The Kier molecular flexibility index (Phi) is 8.69. The van der Waals surface area contributed by atoms with Gasteiger partial charge in [0.1, 0.15) is 11.6 Å². The van der Waals surface area contributed by atoms with Gasteiger partial charge in [0.15, 0.2) is 5.96 Å². The third-order valence-corrected chi connectivity index (χ3v) is 8.11. The number of benzene rings is 2. The van der Waals surface area contributed by atoms with Crippen molar-refractivity contribution in [1.29, 1.82) is 0 Å². The SMILES string of the molecule is COc1ccc(CCn2cnc3cc(NC(=NC4CCC(C)CC4)N4CC(C)NC(C)C4)ccc3c2=O)c(F)c1. The minimum Gasteiger partial charge on any atom is -0.497 e. The van der Waals surface area contributed by atoms with Crippen molar-refractivity contribution >= 4 is 22.5 Å². The number of fused-ring (bicyclic) bond motifs is 1. The third-order valence-electron chi connectivity index (χ3n) is 8.11. The van der Waals surface area contributed by atoms with Crippen LogP contribution in [0.3, 0.4) is 0 Å². The Bertz CT molecular complexity index is 1400. The van der Waals surface area contributed by atoms with Gasteiger partial charge in [-0.1, -0.05) is 13.0 Å². The van der Waals surface area contributed by atoms with Gasteiger partial charge in [0.25, 0.3) is 5.56 Å². The molecular formula is C31H41FN6O2. The van der Waals surface area contributed by atoms with Crippen molar-refractivity contribution in [3.63, 3.8) is 0 Å². The smallest absolute Gasteiger partial charge is 0.261 e. The standard InChI is InChI=1S/C31H41FN6O2/c1-20-5-8-24(9-6-20)35-31(38-17-21(2)34-22(3)18-38)36-25-10-12-27-29(15-25)33-19-37(30(27)39)14-13-23-7-11-26(40-4)16-28(23)32/h7,10-12,15-16,19-22,24,34H,5-6,8-9,13-14,17-18H2,1-4H3,(H,35,36). The van der Waals surface area contributed by atoms with Crippen LogP contribution in [0.15, 0.2) is 52.5 Å². The Morgan fingerprint density at radius 1 is 1.10 bits per heavy atom. The van der Waals surface area contributed by atoms with Gasteiger partial charge in [0.05, 0.1) is 30.4 Å². The maximum atomic E-state index is 14.4. The summed E-state index contributed by atoms with van der Waals surface area (Å²) in [6.45, 7) is 8.83. The molecule has 0 amide bonds. The third kappa shape index (κ3) is 6.63. The van der Waals surface area contributed by atoms with E-state index in [4.69, 9.17) is 9.73 Å². The first-order chi connectivity index (χ1) is 19.3. The molecule has 0 bridgehead atoms. The summed E-state index contributed by atoms with van der Waals surface area (Å²) in [7, 11) is 1.51. The van der Waals surface area contributed by atoms with E-state index in [9.17, 15) is 9.18 Å². The van der Waals surface area contributed by atoms with Crippen molar-refractivity contribution < 1.29 is 9.13 Å². The van der Waals surface area contributed by atoms with Gasteiger partial charge in [0, 0.05) is 43.5 Å². The quantitative estimate of drug-likeness (QED) is 0.340. The fourth-order valence-corrected chi connectivity index (χ4v) is 5.86. The molecule has 8 nitrogen and oxygen atoms in total. The van der Waals surface area contributed by atoms with Crippen LogP contribution in [-0.2, 0) is 13.0 Å². The predicted octanol–water partition coefficient (Wildman–Crippen LogP) is 4.82.